The summed E-state index contributed by atoms with van der Waals surface area (Å²) < 4.78 is 26.9. The first-order chi connectivity index (χ1) is 11.1. The molecule has 1 N–H and O–H groups in total. The van der Waals surface area contributed by atoms with Crippen LogP contribution >= 0.6 is 11.3 Å². The van der Waals surface area contributed by atoms with Gasteiger partial charge in [-0.15, -0.1) is 11.3 Å². The first kappa shape index (κ1) is 18.9. The number of amides is 1. The van der Waals surface area contributed by atoms with Crippen LogP contribution in [-0.4, -0.2) is 60.8 Å². The van der Waals surface area contributed by atoms with E-state index in [1.54, 1.807) is 0 Å². The van der Waals surface area contributed by atoms with Crippen LogP contribution in [0.25, 0.3) is 0 Å². The molecule has 1 fully saturated rings. The molecule has 1 amide bonds. The molecular formula is C15H22N2O5S2. The van der Waals surface area contributed by atoms with Gasteiger partial charge >= 0.3 is 5.97 Å². The van der Waals surface area contributed by atoms with Gasteiger partial charge < -0.3 is 10.0 Å². The first-order valence-corrected chi connectivity index (χ1v) is 10.00. The summed E-state index contributed by atoms with van der Waals surface area (Å²) in [5.41, 5.74) is 0. The number of carbonyl (C=O) groups excluding carboxylic acids is 1. The summed E-state index contributed by atoms with van der Waals surface area (Å²) in [6.45, 7) is 4.48. The molecule has 0 saturated carbocycles. The molecule has 0 aromatic carbocycles. The molecule has 1 aliphatic rings. The lowest BCUT2D eigenvalue weighted by atomic mass is 10.0. The monoisotopic (exact) mass is 374 g/mol. The summed E-state index contributed by atoms with van der Waals surface area (Å²) in [5, 5.41) is 8.98. The summed E-state index contributed by atoms with van der Waals surface area (Å²) in [5.74, 6) is -1.09. The molecule has 0 aliphatic carbocycles. The Morgan fingerprint density at radius 3 is 2.46 bits per heavy atom. The molecule has 2 heterocycles. The molecule has 1 saturated heterocycles. The molecular weight excluding hydrogens is 352 g/mol. The standard InChI is InChI=1S/C15H22N2O5S2/c1-10-6-8-17(9-7-10)24(21,22)13-5-4-12(23-13)14(18)16(3)11(2)15(19)20/h4-5,10-11H,6-9H2,1-3H3,(H,19,20). The molecule has 24 heavy (non-hydrogen) atoms. The number of aliphatic carboxylic acids is 1. The molecule has 134 valence electrons. The van der Waals surface area contributed by atoms with E-state index in [0.29, 0.717) is 19.0 Å². The Hall–Kier alpha value is -1.45. The maximum atomic E-state index is 12.7. The Balaban J connectivity index is 2.18. The maximum Gasteiger partial charge on any atom is 0.326 e. The van der Waals surface area contributed by atoms with E-state index in [9.17, 15) is 18.0 Å². The second kappa shape index (κ2) is 7.20. The molecule has 0 spiro atoms. The minimum atomic E-state index is -3.60. The molecule has 1 aromatic rings. The zero-order chi connectivity index (χ0) is 18.1. The Morgan fingerprint density at radius 1 is 1.33 bits per heavy atom. The normalized spacial score (nSPS) is 18.3. The lowest BCUT2D eigenvalue weighted by Crippen LogP contribution is -2.39. The van der Waals surface area contributed by atoms with Crippen molar-refractivity contribution < 1.29 is 23.1 Å². The summed E-state index contributed by atoms with van der Waals surface area (Å²) in [6.07, 6.45) is 1.66. The highest BCUT2D eigenvalue weighted by atomic mass is 32.2. The van der Waals surface area contributed by atoms with E-state index in [4.69, 9.17) is 5.11 Å². The van der Waals surface area contributed by atoms with Crippen molar-refractivity contribution in [2.24, 2.45) is 5.92 Å². The van der Waals surface area contributed by atoms with Gasteiger partial charge in [0.15, 0.2) is 0 Å². The van der Waals surface area contributed by atoms with Crippen molar-refractivity contribution in [1.82, 2.24) is 9.21 Å². The van der Waals surface area contributed by atoms with Crippen LogP contribution in [0.15, 0.2) is 16.3 Å². The van der Waals surface area contributed by atoms with Crippen LogP contribution in [0.1, 0.15) is 36.4 Å². The third-order valence-electron chi connectivity index (χ3n) is 4.39. The van der Waals surface area contributed by atoms with Gasteiger partial charge in [-0.3, -0.25) is 4.79 Å². The van der Waals surface area contributed by atoms with Gasteiger partial charge in [0.05, 0.1) is 4.88 Å². The van der Waals surface area contributed by atoms with Crippen molar-refractivity contribution in [1.29, 1.82) is 0 Å². The second-order valence-electron chi connectivity index (χ2n) is 6.14. The van der Waals surface area contributed by atoms with Crippen molar-refractivity contribution in [2.45, 2.75) is 36.9 Å². The number of carboxylic acid groups (broad SMARTS) is 1. The highest BCUT2D eigenvalue weighted by Gasteiger charge is 2.31. The minimum Gasteiger partial charge on any atom is -0.480 e. The van der Waals surface area contributed by atoms with Gasteiger partial charge in [0.25, 0.3) is 15.9 Å². The number of hydrogen-bond donors (Lipinski definition) is 1. The summed E-state index contributed by atoms with van der Waals surface area (Å²) in [4.78, 5) is 24.6. The lowest BCUT2D eigenvalue weighted by molar-refractivity contribution is -0.141. The highest BCUT2D eigenvalue weighted by molar-refractivity contribution is 7.91. The van der Waals surface area contributed by atoms with E-state index in [1.807, 2.05) is 0 Å². The summed E-state index contributed by atoms with van der Waals surface area (Å²) in [7, 11) is -2.21. The highest BCUT2D eigenvalue weighted by Crippen LogP contribution is 2.29. The Bertz CT molecular complexity index is 720. The van der Waals surface area contributed by atoms with Gasteiger partial charge in [0.2, 0.25) is 0 Å². The van der Waals surface area contributed by atoms with Crippen LogP contribution in [0.5, 0.6) is 0 Å². The molecule has 1 aromatic heterocycles. The van der Waals surface area contributed by atoms with Crippen LogP contribution in [0.2, 0.25) is 0 Å². The van der Waals surface area contributed by atoms with Crippen LogP contribution in [0.3, 0.4) is 0 Å². The topological polar surface area (TPSA) is 95.0 Å². The van der Waals surface area contributed by atoms with E-state index in [1.165, 1.54) is 30.4 Å². The van der Waals surface area contributed by atoms with Gasteiger partial charge in [-0.05, 0) is 37.8 Å². The quantitative estimate of drug-likeness (QED) is 0.847. The fraction of sp³-hybridized carbons (Fsp3) is 0.600. The van der Waals surface area contributed by atoms with Gasteiger partial charge in [-0.2, -0.15) is 4.31 Å². The molecule has 1 atom stereocenters. The number of likely N-dealkylation sites (N-methyl/N-ethyl adjacent to an activating group) is 1. The van der Waals surface area contributed by atoms with Gasteiger partial charge in [-0.1, -0.05) is 6.92 Å². The van der Waals surface area contributed by atoms with Crippen molar-refractivity contribution in [3.63, 3.8) is 0 Å². The predicted octanol–water partition coefficient (Wildman–Crippen LogP) is 1.71. The van der Waals surface area contributed by atoms with Gasteiger partial charge in [0.1, 0.15) is 10.3 Å². The number of nitrogens with zero attached hydrogens (tertiary/aromatic N) is 2. The largest absolute Gasteiger partial charge is 0.480 e. The minimum absolute atomic E-state index is 0.122. The van der Waals surface area contributed by atoms with Gasteiger partial charge in [-0.25, -0.2) is 13.2 Å². The zero-order valence-corrected chi connectivity index (χ0v) is 15.6. The Morgan fingerprint density at radius 2 is 1.92 bits per heavy atom. The zero-order valence-electron chi connectivity index (χ0n) is 13.9. The van der Waals surface area contributed by atoms with E-state index < -0.39 is 27.9 Å². The van der Waals surface area contributed by atoms with E-state index in [-0.39, 0.29) is 9.09 Å². The average molecular weight is 374 g/mol. The van der Waals surface area contributed by atoms with Crippen molar-refractivity contribution in [2.75, 3.05) is 20.1 Å². The smallest absolute Gasteiger partial charge is 0.326 e. The fourth-order valence-electron chi connectivity index (χ4n) is 2.44. The SMILES string of the molecule is CC1CCN(S(=O)(=O)c2ccc(C(=O)N(C)C(C)C(=O)O)s2)CC1. The van der Waals surface area contributed by atoms with Gasteiger partial charge in [0, 0.05) is 20.1 Å². The summed E-state index contributed by atoms with van der Waals surface area (Å²) >= 11 is 0.886. The van der Waals surface area contributed by atoms with Crippen molar-refractivity contribution in [3.8, 4) is 0 Å². The molecule has 0 radical (unpaired) electrons. The number of rotatable bonds is 5. The lowest BCUT2D eigenvalue weighted by Gasteiger charge is -2.28. The molecule has 7 nitrogen and oxygen atoms in total. The van der Waals surface area contributed by atoms with E-state index in [0.717, 1.165) is 29.1 Å². The molecule has 1 unspecified atom stereocenters. The second-order valence-corrected chi connectivity index (χ2v) is 9.38. The molecule has 0 bridgehead atoms. The third-order valence-corrected chi connectivity index (χ3v) is 7.83. The molecule has 9 heteroatoms. The predicted molar refractivity (Wildman–Crippen MR) is 90.7 cm³/mol. The number of hydrogen-bond acceptors (Lipinski definition) is 5. The molecule has 1 aliphatic heterocycles. The van der Waals surface area contributed by atoms with Crippen LogP contribution in [-0.2, 0) is 14.8 Å². The third kappa shape index (κ3) is 3.79. The number of thiophene rings is 1. The van der Waals surface area contributed by atoms with Crippen molar-refractivity contribution in [3.05, 3.63) is 17.0 Å². The summed E-state index contributed by atoms with van der Waals surface area (Å²) in [6, 6.07) is 1.88. The number of sulfonamides is 1. The van der Waals surface area contributed by atoms with E-state index >= 15 is 0 Å². The van der Waals surface area contributed by atoms with Crippen LogP contribution in [0, 0.1) is 5.92 Å². The number of carboxylic acids is 1. The average Bonchev–Trinajstić information content (AvgIpc) is 3.03. The molecule has 2 rings (SSSR count). The Kier molecular flexibility index (Phi) is 5.67. The van der Waals surface area contributed by atoms with E-state index in [2.05, 4.69) is 6.92 Å². The van der Waals surface area contributed by atoms with Crippen LogP contribution < -0.4 is 0 Å². The van der Waals surface area contributed by atoms with Crippen molar-refractivity contribution >= 4 is 33.2 Å². The van der Waals surface area contributed by atoms with Crippen LogP contribution in [0.4, 0.5) is 0 Å². The Labute approximate surface area is 145 Å². The number of piperidine rings is 1. The maximum absolute atomic E-state index is 12.7. The number of carbonyl (C=O) groups is 2. The fourth-order valence-corrected chi connectivity index (χ4v) is 5.35. The first-order valence-electron chi connectivity index (χ1n) is 7.74.